The van der Waals surface area contributed by atoms with Crippen LogP contribution in [0, 0.1) is 10.6 Å². The highest BCUT2D eigenvalue weighted by Gasteiger charge is 2.08. The number of unbranched alkanes of at least 4 members (excludes halogenated alkanes) is 2. The molecule has 0 unspecified atom stereocenters. The van der Waals surface area contributed by atoms with Crippen molar-refractivity contribution in [1.82, 2.24) is 9.55 Å². The molecule has 19 heavy (non-hydrogen) atoms. The first kappa shape index (κ1) is 14.7. The molecule has 1 aromatic heterocycles. The first-order chi connectivity index (χ1) is 9.13. The summed E-state index contributed by atoms with van der Waals surface area (Å²) < 4.78 is 21.7. The lowest BCUT2D eigenvalue weighted by molar-refractivity contribution is 0.191. The molecule has 0 radical (unpaired) electrons. The van der Waals surface area contributed by atoms with Crippen LogP contribution in [-0.4, -0.2) is 23.3 Å². The van der Waals surface area contributed by atoms with Crippen LogP contribution in [0.4, 0.5) is 4.39 Å². The number of fused-ring (bicyclic) bond motifs is 1. The second-order valence-corrected chi connectivity index (χ2v) is 5.66. The molecule has 0 amide bonds. The number of methoxy groups -OCH3 is 1. The molecular weight excluding hydrogens is 331 g/mol. The standard InChI is InChI=1S/C13H16BrFN2OS/c1-18-6-4-2-3-5-17-12-8-10(15)9(14)7-11(12)16-13(17)19/h7-8H,2-6H2,1H3,(H,16,19). The number of aryl methyl sites for hydroxylation is 1. The normalized spacial score (nSPS) is 11.3. The molecule has 0 aliphatic carbocycles. The van der Waals surface area contributed by atoms with Gasteiger partial charge in [0, 0.05) is 26.3 Å². The van der Waals surface area contributed by atoms with E-state index in [1.807, 2.05) is 4.57 Å². The van der Waals surface area contributed by atoms with E-state index in [9.17, 15) is 4.39 Å². The Hall–Kier alpha value is -0.720. The van der Waals surface area contributed by atoms with E-state index < -0.39 is 0 Å². The molecule has 0 fully saturated rings. The van der Waals surface area contributed by atoms with E-state index in [-0.39, 0.29) is 5.82 Å². The maximum absolute atomic E-state index is 13.6. The lowest BCUT2D eigenvalue weighted by atomic mass is 10.2. The molecule has 6 heteroatoms. The van der Waals surface area contributed by atoms with Gasteiger partial charge in [0.1, 0.15) is 5.82 Å². The summed E-state index contributed by atoms with van der Waals surface area (Å²) in [6, 6.07) is 3.24. The third kappa shape index (κ3) is 3.43. The lowest BCUT2D eigenvalue weighted by Gasteiger charge is -2.05. The number of nitrogens with zero attached hydrogens (tertiary/aromatic N) is 1. The molecule has 0 aliphatic rings. The molecule has 0 atom stereocenters. The van der Waals surface area contributed by atoms with Crippen molar-refractivity contribution >= 4 is 39.2 Å². The van der Waals surface area contributed by atoms with Gasteiger partial charge in [-0.3, -0.25) is 0 Å². The number of hydrogen-bond acceptors (Lipinski definition) is 2. The quantitative estimate of drug-likeness (QED) is 0.619. The van der Waals surface area contributed by atoms with Crippen molar-refractivity contribution in [3.63, 3.8) is 0 Å². The van der Waals surface area contributed by atoms with Crippen LogP contribution in [0.3, 0.4) is 0 Å². The summed E-state index contributed by atoms with van der Waals surface area (Å²) in [5.74, 6) is -0.269. The largest absolute Gasteiger partial charge is 0.385 e. The zero-order valence-electron chi connectivity index (χ0n) is 10.7. The van der Waals surface area contributed by atoms with Crippen LogP contribution >= 0.6 is 28.1 Å². The fourth-order valence-electron chi connectivity index (χ4n) is 2.07. The van der Waals surface area contributed by atoms with Crippen LogP contribution in [0.5, 0.6) is 0 Å². The molecule has 1 heterocycles. The van der Waals surface area contributed by atoms with E-state index in [0.717, 1.165) is 43.4 Å². The Morgan fingerprint density at radius 1 is 1.37 bits per heavy atom. The molecule has 0 aliphatic heterocycles. The molecule has 0 bridgehead atoms. The van der Waals surface area contributed by atoms with Gasteiger partial charge in [-0.1, -0.05) is 0 Å². The van der Waals surface area contributed by atoms with Crippen molar-refractivity contribution in [2.24, 2.45) is 0 Å². The highest BCUT2D eigenvalue weighted by Crippen LogP contribution is 2.23. The van der Waals surface area contributed by atoms with Crippen LogP contribution in [0.25, 0.3) is 11.0 Å². The summed E-state index contributed by atoms with van der Waals surface area (Å²) in [7, 11) is 1.70. The summed E-state index contributed by atoms with van der Waals surface area (Å²) in [5, 5.41) is 0. The number of H-pyrrole nitrogens is 1. The van der Waals surface area contributed by atoms with Gasteiger partial charge in [0.25, 0.3) is 0 Å². The summed E-state index contributed by atoms with van der Waals surface area (Å²) in [6.07, 6.45) is 3.11. The van der Waals surface area contributed by atoms with Crippen molar-refractivity contribution in [3.05, 3.63) is 27.2 Å². The monoisotopic (exact) mass is 346 g/mol. The molecule has 2 rings (SSSR count). The van der Waals surface area contributed by atoms with Gasteiger partial charge >= 0.3 is 0 Å². The van der Waals surface area contributed by atoms with Gasteiger partial charge in [0.2, 0.25) is 0 Å². The third-order valence-corrected chi connectivity index (χ3v) is 3.98. The zero-order valence-corrected chi connectivity index (χ0v) is 13.1. The zero-order chi connectivity index (χ0) is 13.8. The fraction of sp³-hybridized carbons (Fsp3) is 0.462. The minimum absolute atomic E-state index is 0.269. The summed E-state index contributed by atoms with van der Waals surface area (Å²) in [4.78, 5) is 3.10. The molecule has 3 nitrogen and oxygen atoms in total. The van der Waals surface area contributed by atoms with Crippen molar-refractivity contribution in [1.29, 1.82) is 0 Å². The van der Waals surface area contributed by atoms with E-state index in [4.69, 9.17) is 17.0 Å². The van der Waals surface area contributed by atoms with Crippen molar-refractivity contribution < 1.29 is 9.13 Å². The number of rotatable bonds is 6. The minimum atomic E-state index is -0.269. The van der Waals surface area contributed by atoms with Crippen molar-refractivity contribution in [2.45, 2.75) is 25.8 Å². The van der Waals surface area contributed by atoms with Crippen LogP contribution in [0.2, 0.25) is 0 Å². The number of halogens is 2. The van der Waals surface area contributed by atoms with E-state index in [2.05, 4.69) is 20.9 Å². The van der Waals surface area contributed by atoms with Gasteiger partial charge in [0.05, 0.1) is 15.5 Å². The second kappa shape index (κ2) is 6.63. The lowest BCUT2D eigenvalue weighted by Crippen LogP contribution is -1.99. The molecule has 0 saturated carbocycles. The molecular formula is C13H16BrFN2OS. The number of benzene rings is 1. The van der Waals surface area contributed by atoms with Crippen LogP contribution < -0.4 is 0 Å². The van der Waals surface area contributed by atoms with Crippen LogP contribution in [0.15, 0.2) is 16.6 Å². The van der Waals surface area contributed by atoms with E-state index in [1.165, 1.54) is 6.07 Å². The van der Waals surface area contributed by atoms with Crippen LogP contribution in [0.1, 0.15) is 19.3 Å². The molecule has 2 aromatic rings. The average molecular weight is 347 g/mol. The molecule has 104 valence electrons. The van der Waals surface area contributed by atoms with Gasteiger partial charge < -0.3 is 14.3 Å². The number of aromatic amines is 1. The van der Waals surface area contributed by atoms with Crippen LogP contribution in [-0.2, 0) is 11.3 Å². The number of nitrogens with one attached hydrogen (secondary N) is 1. The average Bonchev–Trinajstić information content (AvgIpc) is 2.66. The Morgan fingerprint density at radius 3 is 2.89 bits per heavy atom. The van der Waals surface area contributed by atoms with E-state index >= 15 is 0 Å². The molecule has 0 spiro atoms. The maximum atomic E-state index is 13.6. The SMILES string of the molecule is COCCCCCn1c(=S)[nH]c2cc(Br)c(F)cc21. The first-order valence-electron chi connectivity index (χ1n) is 6.20. The number of ether oxygens (including phenoxy) is 1. The summed E-state index contributed by atoms with van der Waals surface area (Å²) >= 11 is 8.46. The Labute approximate surface area is 124 Å². The highest BCUT2D eigenvalue weighted by molar-refractivity contribution is 9.10. The number of hydrogen-bond donors (Lipinski definition) is 1. The fourth-order valence-corrected chi connectivity index (χ4v) is 2.71. The molecule has 1 aromatic carbocycles. The predicted octanol–water partition coefficient (Wildman–Crippen LogP) is 4.42. The first-order valence-corrected chi connectivity index (χ1v) is 7.40. The van der Waals surface area contributed by atoms with Crippen molar-refractivity contribution in [2.75, 3.05) is 13.7 Å². The Morgan fingerprint density at radius 2 is 2.16 bits per heavy atom. The van der Waals surface area contributed by atoms with Crippen molar-refractivity contribution in [3.8, 4) is 0 Å². The van der Waals surface area contributed by atoms with Gasteiger partial charge in [-0.25, -0.2) is 4.39 Å². The predicted molar refractivity (Wildman–Crippen MR) is 80.5 cm³/mol. The number of imidazole rings is 1. The van der Waals surface area contributed by atoms with E-state index in [0.29, 0.717) is 9.24 Å². The maximum Gasteiger partial charge on any atom is 0.178 e. The third-order valence-electron chi connectivity index (χ3n) is 3.05. The highest BCUT2D eigenvalue weighted by atomic mass is 79.9. The molecule has 1 N–H and O–H groups in total. The van der Waals surface area contributed by atoms with Gasteiger partial charge in [-0.05, 0) is 53.5 Å². The van der Waals surface area contributed by atoms with Gasteiger partial charge in [0.15, 0.2) is 4.77 Å². The summed E-state index contributed by atoms with van der Waals surface area (Å²) in [5.41, 5.74) is 1.67. The number of aromatic nitrogens is 2. The summed E-state index contributed by atoms with van der Waals surface area (Å²) in [6.45, 7) is 1.57. The van der Waals surface area contributed by atoms with E-state index in [1.54, 1.807) is 13.2 Å². The Bertz CT molecular complexity index is 623. The second-order valence-electron chi connectivity index (χ2n) is 4.42. The van der Waals surface area contributed by atoms with Gasteiger partial charge in [-0.2, -0.15) is 0 Å². The molecule has 0 saturated heterocycles. The Balaban J connectivity index is 2.16. The topological polar surface area (TPSA) is 29.9 Å². The smallest absolute Gasteiger partial charge is 0.178 e. The van der Waals surface area contributed by atoms with Gasteiger partial charge in [-0.15, -0.1) is 0 Å². The minimum Gasteiger partial charge on any atom is -0.385 e. The Kier molecular flexibility index (Phi) is 5.13.